The van der Waals surface area contributed by atoms with Crippen LogP contribution in [0, 0.1) is 0 Å². The maximum absolute atomic E-state index is 11.8. The second kappa shape index (κ2) is 4.94. The van der Waals surface area contributed by atoms with Gasteiger partial charge in [0, 0.05) is 6.20 Å². The first-order valence-corrected chi connectivity index (χ1v) is 6.16. The van der Waals surface area contributed by atoms with Crippen LogP contribution < -0.4 is 0 Å². The van der Waals surface area contributed by atoms with Crippen LogP contribution in [0.4, 0.5) is 0 Å². The Labute approximate surface area is 119 Å². The van der Waals surface area contributed by atoms with E-state index in [4.69, 9.17) is 20.8 Å². The number of benzene rings is 1. The lowest BCUT2D eigenvalue weighted by molar-refractivity contribution is 0.0601. The van der Waals surface area contributed by atoms with Crippen molar-refractivity contribution < 1.29 is 13.9 Å². The Balaban J connectivity index is 2.20. The van der Waals surface area contributed by atoms with Crippen LogP contribution >= 0.6 is 11.6 Å². The van der Waals surface area contributed by atoms with Gasteiger partial charge in [-0.3, -0.25) is 0 Å². The van der Waals surface area contributed by atoms with Crippen LogP contribution in [0.25, 0.3) is 22.6 Å². The molecule has 0 saturated heterocycles. The van der Waals surface area contributed by atoms with Crippen molar-refractivity contribution in [1.29, 1.82) is 0 Å². The lowest BCUT2D eigenvalue weighted by atomic mass is 10.1. The second-order valence-corrected chi connectivity index (χ2v) is 4.42. The van der Waals surface area contributed by atoms with Gasteiger partial charge in [-0.2, -0.15) is 0 Å². The minimum Gasteiger partial charge on any atom is -0.465 e. The zero-order valence-electron chi connectivity index (χ0n) is 10.5. The van der Waals surface area contributed by atoms with Crippen molar-refractivity contribution in [2.24, 2.45) is 0 Å². The number of aromatic nitrogens is 2. The number of carbonyl (C=O) groups is 1. The number of ether oxygens (including phenoxy) is 1. The average Bonchev–Trinajstić information content (AvgIpc) is 2.90. The molecule has 0 saturated carbocycles. The van der Waals surface area contributed by atoms with Gasteiger partial charge < -0.3 is 9.15 Å². The highest BCUT2D eigenvalue weighted by Crippen LogP contribution is 2.28. The van der Waals surface area contributed by atoms with E-state index >= 15 is 0 Å². The number of nitrogens with zero attached hydrogens (tertiary/aromatic N) is 2. The van der Waals surface area contributed by atoms with Crippen molar-refractivity contribution in [2.75, 3.05) is 7.11 Å². The Morgan fingerprint density at radius 3 is 2.90 bits per heavy atom. The predicted molar refractivity (Wildman–Crippen MR) is 73.6 cm³/mol. The quantitative estimate of drug-likeness (QED) is 0.534. The highest BCUT2D eigenvalue weighted by Gasteiger charge is 2.19. The third kappa shape index (κ3) is 2.12. The van der Waals surface area contributed by atoms with Crippen molar-refractivity contribution in [2.45, 2.75) is 0 Å². The van der Waals surface area contributed by atoms with Crippen molar-refractivity contribution in [1.82, 2.24) is 9.97 Å². The fourth-order valence-electron chi connectivity index (χ4n) is 1.87. The summed E-state index contributed by atoms with van der Waals surface area (Å²) in [6, 6.07) is 8.75. The Morgan fingerprint density at radius 2 is 2.15 bits per heavy atom. The third-order valence-electron chi connectivity index (χ3n) is 2.80. The van der Waals surface area contributed by atoms with E-state index in [2.05, 4.69) is 9.97 Å². The lowest BCUT2D eigenvalue weighted by Gasteiger charge is -2.04. The van der Waals surface area contributed by atoms with Gasteiger partial charge in [0.1, 0.15) is 10.7 Å². The molecule has 2 aromatic heterocycles. The molecule has 0 amide bonds. The molecule has 0 aliphatic heterocycles. The van der Waals surface area contributed by atoms with Gasteiger partial charge in [-0.25, -0.2) is 14.8 Å². The van der Waals surface area contributed by atoms with E-state index in [-0.39, 0.29) is 10.7 Å². The van der Waals surface area contributed by atoms with Gasteiger partial charge >= 0.3 is 5.97 Å². The maximum atomic E-state index is 11.8. The van der Waals surface area contributed by atoms with Crippen LogP contribution in [-0.2, 0) is 4.74 Å². The molecule has 0 aliphatic rings. The molecule has 0 bridgehead atoms. The summed E-state index contributed by atoms with van der Waals surface area (Å²) in [6.45, 7) is 0. The first-order chi connectivity index (χ1) is 9.69. The summed E-state index contributed by atoms with van der Waals surface area (Å²) >= 11 is 5.81. The van der Waals surface area contributed by atoms with Gasteiger partial charge in [0.2, 0.25) is 5.89 Å². The normalized spacial score (nSPS) is 10.7. The Morgan fingerprint density at radius 1 is 1.35 bits per heavy atom. The van der Waals surface area contributed by atoms with E-state index in [1.807, 2.05) is 18.2 Å². The molecule has 0 unspecified atom stereocenters. The molecule has 5 nitrogen and oxygen atoms in total. The molecule has 0 spiro atoms. The summed E-state index contributed by atoms with van der Waals surface area (Å²) in [5.41, 5.74) is 2.04. The fraction of sp³-hybridized carbons (Fsp3) is 0.0714. The number of para-hydroxylation sites is 2. The summed E-state index contributed by atoms with van der Waals surface area (Å²) in [7, 11) is 1.30. The molecule has 100 valence electrons. The number of pyridine rings is 1. The topological polar surface area (TPSA) is 65.2 Å². The molecule has 3 aromatic rings. The molecule has 0 N–H and O–H groups in total. The second-order valence-electron chi connectivity index (χ2n) is 4.03. The van der Waals surface area contributed by atoms with Gasteiger partial charge in [0.05, 0.1) is 18.2 Å². The molecule has 1 aromatic carbocycles. The summed E-state index contributed by atoms with van der Waals surface area (Å²) in [5.74, 6) is -0.220. The molecular formula is C14H9ClN2O3. The van der Waals surface area contributed by atoms with Crippen LogP contribution in [0.5, 0.6) is 0 Å². The average molecular weight is 289 g/mol. The molecule has 0 radical (unpaired) electrons. The van der Waals surface area contributed by atoms with Crippen molar-refractivity contribution >= 4 is 28.7 Å². The van der Waals surface area contributed by atoms with Gasteiger partial charge in [-0.05, 0) is 18.2 Å². The maximum Gasteiger partial charge on any atom is 0.338 e. The molecular weight excluding hydrogens is 280 g/mol. The molecule has 20 heavy (non-hydrogen) atoms. The van der Waals surface area contributed by atoms with Crippen LogP contribution in [-0.4, -0.2) is 23.0 Å². The summed E-state index contributed by atoms with van der Waals surface area (Å²) in [4.78, 5) is 20.1. The molecule has 0 atom stereocenters. The zero-order valence-corrected chi connectivity index (χ0v) is 11.2. The number of hydrogen-bond donors (Lipinski definition) is 0. The van der Waals surface area contributed by atoms with E-state index in [9.17, 15) is 4.79 Å². The minimum atomic E-state index is -0.522. The first-order valence-electron chi connectivity index (χ1n) is 5.79. The van der Waals surface area contributed by atoms with Crippen molar-refractivity contribution in [3.05, 3.63) is 47.2 Å². The minimum absolute atomic E-state index is 0.199. The van der Waals surface area contributed by atoms with E-state index in [0.717, 1.165) is 0 Å². The third-order valence-corrected chi connectivity index (χ3v) is 3.01. The standard InChI is InChI=1S/C14H9ClN2O3/c1-19-14(18)8-6-12(15)16-7-9(8)13-17-10-4-2-3-5-11(10)20-13/h2-7H,1H3. The molecule has 6 heteroatoms. The highest BCUT2D eigenvalue weighted by molar-refractivity contribution is 6.29. The fourth-order valence-corrected chi connectivity index (χ4v) is 2.02. The number of methoxy groups -OCH3 is 1. The van der Waals surface area contributed by atoms with Crippen LogP contribution in [0.2, 0.25) is 5.15 Å². The van der Waals surface area contributed by atoms with Crippen LogP contribution in [0.3, 0.4) is 0 Å². The first kappa shape index (κ1) is 12.6. The Kier molecular flexibility index (Phi) is 3.12. The van der Waals surface area contributed by atoms with Gasteiger partial charge in [0.15, 0.2) is 5.58 Å². The van der Waals surface area contributed by atoms with E-state index < -0.39 is 5.97 Å². The van der Waals surface area contributed by atoms with Crippen molar-refractivity contribution in [3.63, 3.8) is 0 Å². The number of fused-ring (bicyclic) bond motifs is 1. The lowest BCUT2D eigenvalue weighted by Crippen LogP contribution is -2.04. The number of esters is 1. The van der Waals surface area contributed by atoms with Crippen LogP contribution in [0.15, 0.2) is 40.9 Å². The van der Waals surface area contributed by atoms with Gasteiger partial charge in [0.25, 0.3) is 0 Å². The van der Waals surface area contributed by atoms with Crippen molar-refractivity contribution in [3.8, 4) is 11.5 Å². The summed E-state index contributed by atoms with van der Waals surface area (Å²) in [6.07, 6.45) is 1.44. The number of rotatable bonds is 2. The summed E-state index contributed by atoms with van der Waals surface area (Å²) < 4.78 is 10.4. The predicted octanol–water partition coefficient (Wildman–Crippen LogP) is 3.33. The Bertz CT molecular complexity index is 765. The van der Waals surface area contributed by atoms with Gasteiger partial charge in [-0.1, -0.05) is 23.7 Å². The highest BCUT2D eigenvalue weighted by atomic mass is 35.5. The monoisotopic (exact) mass is 288 g/mol. The SMILES string of the molecule is COC(=O)c1cc(Cl)ncc1-c1nc2ccccc2o1. The number of halogens is 1. The molecule has 2 heterocycles. The van der Waals surface area contributed by atoms with Gasteiger partial charge in [-0.15, -0.1) is 0 Å². The van der Waals surface area contributed by atoms with E-state index in [0.29, 0.717) is 22.6 Å². The molecule has 3 rings (SSSR count). The molecule has 0 aliphatic carbocycles. The largest absolute Gasteiger partial charge is 0.465 e. The number of oxazole rings is 1. The number of carbonyl (C=O) groups excluding carboxylic acids is 1. The zero-order chi connectivity index (χ0) is 14.1. The molecule has 0 fully saturated rings. The Hall–Kier alpha value is -2.40. The van der Waals surface area contributed by atoms with E-state index in [1.165, 1.54) is 19.4 Å². The summed E-state index contributed by atoms with van der Waals surface area (Å²) in [5, 5.41) is 0.199. The number of hydrogen-bond acceptors (Lipinski definition) is 5. The van der Waals surface area contributed by atoms with E-state index in [1.54, 1.807) is 6.07 Å². The smallest absolute Gasteiger partial charge is 0.338 e. The van der Waals surface area contributed by atoms with Crippen LogP contribution in [0.1, 0.15) is 10.4 Å².